The van der Waals surface area contributed by atoms with Gasteiger partial charge >= 0.3 is 188 Å². The third-order valence-electron chi connectivity index (χ3n) is 14.9. The van der Waals surface area contributed by atoms with E-state index in [1.165, 1.54) is 6.07 Å². The molecule has 3 atom stereocenters. The number of imide groups is 1. The second-order valence-electron chi connectivity index (χ2n) is 20.9. The fourth-order valence-electron chi connectivity index (χ4n) is 10.6. The van der Waals surface area contributed by atoms with Crippen LogP contribution in [0.5, 0.6) is 6.01 Å². The molecule has 1 aliphatic carbocycles. The number of hydroxylamine groups is 2. The number of halogens is 1. The normalized spacial score (nSPS) is 22.1. The van der Waals surface area contributed by atoms with E-state index in [4.69, 9.17) is 14.2 Å². The topological polar surface area (TPSA) is 233 Å². The number of piperidine rings is 1. The van der Waals surface area contributed by atoms with E-state index < -0.39 is 28.3 Å². The molecule has 0 spiro atoms. The molecule has 21 nitrogen and oxygen atoms in total. The number of pyridine rings is 1. The van der Waals surface area contributed by atoms with E-state index in [-0.39, 0.29) is 86.4 Å². The van der Waals surface area contributed by atoms with Crippen molar-refractivity contribution in [3.8, 4) is 6.01 Å². The standard InChI is InChI=1S/C51H65B2FN12O9S2/c1-50(2,28-39(67)61-60-38-8-5-18-62(3)47-36(38)31-56-48(59-47)73-25-6-9-43(71)74-66-41(69)12-13-42(66)70)77-76-26-16-40(68)64-23-21-63(22-24-64)35-14-19-65(20-15-35)49(72)57-30-32-10-11-34(27-37(32)54)58-46-45-44(51(45,52)75-53-46)33-7-4-17-55-29-33/h4,7,10-11,17,27,29,31,35,44-45,58H,5-6,8-9,12-16,18-26,28,30,52H2,1-3H3,(H,57,72)(H,61,67)/b60-38+. The molecule has 5 aliphatic heterocycles. The number of urea groups is 1. The molecule has 3 unspecified atom stereocenters. The summed E-state index contributed by atoms with van der Waals surface area (Å²) in [6.45, 7) is 8.91. The zero-order valence-electron chi connectivity index (χ0n) is 44.0. The van der Waals surface area contributed by atoms with Crippen LogP contribution in [-0.4, -0.2) is 178 Å². The molecular formula is C51H65B2FN12O9S2. The van der Waals surface area contributed by atoms with Gasteiger partial charge in [-0.2, -0.15) is 10.1 Å². The Hall–Kier alpha value is -6.27. The van der Waals surface area contributed by atoms with Crippen LogP contribution in [0.2, 0.25) is 0 Å². The van der Waals surface area contributed by atoms with Crippen molar-refractivity contribution in [1.29, 1.82) is 0 Å². The van der Waals surface area contributed by atoms with Crippen LogP contribution in [0.1, 0.15) is 101 Å². The van der Waals surface area contributed by atoms with Crippen molar-refractivity contribution in [2.45, 2.75) is 107 Å². The van der Waals surface area contributed by atoms with Gasteiger partial charge in [-0.15, -0.1) is 5.06 Å². The van der Waals surface area contributed by atoms with Gasteiger partial charge in [-0.05, 0) is 33.1 Å². The summed E-state index contributed by atoms with van der Waals surface area (Å²) in [5, 5.41) is 11.3. The molecule has 408 valence electrons. The number of aromatic nitrogens is 3. The predicted octanol–water partition coefficient (Wildman–Crippen LogP) is 3.22. The minimum atomic E-state index is -0.712. The Morgan fingerprint density at radius 1 is 0.987 bits per heavy atom. The van der Waals surface area contributed by atoms with Crippen molar-refractivity contribution in [3.63, 3.8) is 0 Å². The van der Waals surface area contributed by atoms with Crippen LogP contribution in [0.25, 0.3) is 0 Å². The zero-order valence-corrected chi connectivity index (χ0v) is 45.6. The van der Waals surface area contributed by atoms with Gasteiger partial charge in [0.1, 0.15) is 5.82 Å². The monoisotopic (exact) mass is 1090 g/mol. The maximum absolute atomic E-state index is 15.3. The first kappa shape index (κ1) is 55.5. The number of nitrogens with zero attached hydrogens (tertiary/aromatic N) is 9. The summed E-state index contributed by atoms with van der Waals surface area (Å²) in [6.07, 6.45) is 9.06. The average Bonchev–Trinajstić information content (AvgIpc) is 4.08. The van der Waals surface area contributed by atoms with Crippen LogP contribution < -0.4 is 25.7 Å². The number of likely N-dealkylation sites (tertiary alicyclic amines) is 1. The second-order valence-corrected chi connectivity index (χ2v) is 24.1. The molecule has 26 heteroatoms. The van der Waals surface area contributed by atoms with E-state index in [1.807, 2.05) is 49.0 Å². The number of carbonyl (C=O) groups excluding carboxylic acids is 6. The Morgan fingerprint density at radius 3 is 2.51 bits per heavy atom. The number of nitrogens with one attached hydrogen (secondary N) is 3. The van der Waals surface area contributed by atoms with Crippen molar-refractivity contribution in [2.24, 2.45) is 11.0 Å². The number of amides is 6. The third kappa shape index (κ3) is 13.7. The fourth-order valence-corrected chi connectivity index (χ4v) is 13.1. The summed E-state index contributed by atoms with van der Waals surface area (Å²) in [5.74, 6) is -0.786. The van der Waals surface area contributed by atoms with E-state index in [1.54, 1.807) is 52.1 Å². The van der Waals surface area contributed by atoms with Gasteiger partial charge in [-0.3, -0.25) is 24.1 Å². The fraction of sp³-hybridized carbons (Fsp3) is 0.549. The Morgan fingerprint density at radius 2 is 1.77 bits per heavy atom. The van der Waals surface area contributed by atoms with Crippen LogP contribution in [0.4, 0.5) is 20.7 Å². The summed E-state index contributed by atoms with van der Waals surface area (Å²) >= 11 is 0. The second kappa shape index (κ2) is 24.6. The molecule has 9 rings (SSSR count). The quantitative estimate of drug-likeness (QED) is 0.0485. The van der Waals surface area contributed by atoms with Crippen LogP contribution in [0.15, 0.2) is 54.0 Å². The first-order valence-electron chi connectivity index (χ1n) is 26.4. The Bertz CT molecular complexity index is 2750. The van der Waals surface area contributed by atoms with Crippen molar-refractivity contribution in [2.75, 3.05) is 75.4 Å². The number of fused-ring (bicyclic) bond motifs is 2. The van der Waals surface area contributed by atoms with Gasteiger partial charge in [0.05, 0.1) is 24.3 Å². The molecular weight excluding hydrogens is 1030 g/mol. The van der Waals surface area contributed by atoms with E-state index in [0.717, 1.165) is 43.5 Å². The third-order valence-corrected chi connectivity index (χ3v) is 18.1. The van der Waals surface area contributed by atoms with Gasteiger partial charge in [0.15, 0.2) is 0 Å². The van der Waals surface area contributed by atoms with Gasteiger partial charge in [-0.25, -0.2) is 15.2 Å². The van der Waals surface area contributed by atoms with E-state index in [2.05, 4.69) is 54.9 Å². The molecule has 4 fully saturated rings. The molecule has 2 aromatic heterocycles. The van der Waals surface area contributed by atoms with Gasteiger partial charge in [0.2, 0.25) is 11.8 Å². The number of piperazine rings is 1. The summed E-state index contributed by atoms with van der Waals surface area (Å²) in [5.41, 5.74) is 6.75. The Labute approximate surface area is 456 Å². The minimum absolute atomic E-state index is 0.0240. The SMILES string of the molecule is BC12OB=C(Nc3ccc(CNC(=O)N4CCC(N5CCN(C(=O)CCSSC(C)(C)CC(=O)N/N=C6\CCCN(C)c7nc(OCCCC(=O)ON8C(=O)CCC8=O)ncc76)CC5)CC4)c(F)c3)C1C2c1cccnc1. The Kier molecular flexibility index (Phi) is 17.7. The summed E-state index contributed by atoms with van der Waals surface area (Å²) in [6, 6.07) is 9.17. The van der Waals surface area contributed by atoms with Crippen LogP contribution >= 0.6 is 21.6 Å². The maximum atomic E-state index is 15.3. The molecule has 3 saturated heterocycles. The number of ether oxygens (including phenoxy) is 1. The molecule has 3 N–H and O–H groups in total. The van der Waals surface area contributed by atoms with Crippen molar-refractivity contribution >= 4 is 95.0 Å². The van der Waals surface area contributed by atoms with E-state index in [0.29, 0.717) is 90.8 Å². The summed E-state index contributed by atoms with van der Waals surface area (Å²) in [4.78, 5) is 101. The number of hydrogen-bond acceptors (Lipinski definition) is 18. The molecule has 1 aromatic carbocycles. The number of hydrogen-bond donors (Lipinski definition) is 3. The van der Waals surface area contributed by atoms with Crippen LogP contribution in [0, 0.1) is 11.7 Å². The van der Waals surface area contributed by atoms with Crippen molar-refractivity contribution in [1.82, 2.24) is 45.5 Å². The molecule has 0 radical (unpaired) electrons. The van der Waals surface area contributed by atoms with Gasteiger partial charge in [0.25, 0.3) is 11.8 Å². The molecule has 77 heavy (non-hydrogen) atoms. The number of rotatable bonds is 20. The molecule has 1 saturated carbocycles. The van der Waals surface area contributed by atoms with Gasteiger partial charge in [-0.1, -0.05) is 21.6 Å². The molecule has 6 amide bonds. The first-order chi connectivity index (χ1) is 37.0. The Balaban J connectivity index is 0.630. The number of carbonyl (C=O) groups is 6. The van der Waals surface area contributed by atoms with E-state index in [9.17, 15) is 28.8 Å². The number of anilines is 2. The zero-order chi connectivity index (χ0) is 54.3. The first-order valence-corrected chi connectivity index (χ1v) is 28.7. The van der Waals surface area contributed by atoms with Gasteiger partial charge in [0, 0.05) is 88.2 Å². The summed E-state index contributed by atoms with van der Waals surface area (Å²) < 4.78 is 26.6. The molecule has 3 aromatic rings. The van der Waals surface area contributed by atoms with Crippen LogP contribution in [0.3, 0.4) is 0 Å². The number of benzene rings is 1. The van der Waals surface area contributed by atoms with E-state index >= 15 is 4.39 Å². The van der Waals surface area contributed by atoms with Crippen molar-refractivity contribution in [3.05, 3.63) is 71.4 Å². The summed E-state index contributed by atoms with van der Waals surface area (Å²) in [7, 11) is 8.85. The van der Waals surface area contributed by atoms with Crippen molar-refractivity contribution < 1.29 is 47.4 Å². The predicted molar refractivity (Wildman–Crippen MR) is 293 cm³/mol. The molecule has 6 aliphatic rings. The van der Waals surface area contributed by atoms with Crippen LogP contribution in [-0.2, 0) is 40.0 Å². The molecule has 0 bridgehead atoms. The molecule has 7 heterocycles. The van der Waals surface area contributed by atoms with Gasteiger partial charge < -0.3 is 19.4 Å². The average molecular weight is 1090 g/mol. The number of hydrazone groups is 1.